The van der Waals surface area contributed by atoms with Crippen molar-refractivity contribution in [2.45, 2.75) is 75.2 Å². The van der Waals surface area contributed by atoms with Gasteiger partial charge in [-0.3, -0.25) is 14.4 Å². The minimum absolute atomic E-state index is 0.0410. The van der Waals surface area contributed by atoms with E-state index < -0.39 is 72.6 Å². The van der Waals surface area contributed by atoms with Crippen LogP contribution in [-0.4, -0.2) is 96.3 Å². The Morgan fingerprint density at radius 1 is 1.17 bits per heavy atom. The number of nitrogens with zero attached hydrogens (tertiary/aromatic N) is 6. The van der Waals surface area contributed by atoms with Gasteiger partial charge >= 0.3 is 0 Å². The third-order valence-electron chi connectivity index (χ3n) is 8.09. The number of hydrogen-bond acceptors (Lipinski definition) is 9. The van der Waals surface area contributed by atoms with E-state index in [0.717, 1.165) is 35.4 Å². The van der Waals surface area contributed by atoms with E-state index in [4.69, 9.17) is 9.47 Å². The van der Waals surface area contributed by atoms with Gasteiger partial charge in [0.05, 0.1) is 24.9 Å². The molecule has 0 radical (unpaired) electrons. The van der Waals surface area contributed by atoms with Crippen molar-refractivity contribution in [2.24, 2.45) is 7.05 Å². The number of aromatic nitrogens is 5. The topological polar surface area (TPSA) is 148 Å². The molecule has 1 aliphatic carbocycles. The number of methoxy groups -OCH3 is 1. The Labute approximate surface area is 239 Å². The molecule has 3 aromatic rings. The zero-order chi connectivity index (χ0) is 30.3. The maximum atomic E-state index is 14.3. The van der Waals surface area contributed by atoms with Gasteiger partial charge in [0.15, 0.2) is 29.4 Å². The van der Waals surface area contributed by atoms with Gasteiger partial charge in [0.1, 0.15) is 30.0 Å². The molecule has 228 valence electrons. The van der Waals surface area contributed by atoms with Crippen LogP contribution in [0.15, 0.2) is 24.4 Å². The van der Waals surface area contributed by atoms with Crippen LogP contribution in [0.2, 0.25) is 0 Å². The molecule has 1 saturated carbocycles. The maximum Gasteiger partial charge on any atom is 0.260 e. The van der Waals surface area contributed by atoms with E-state index in [2.05, 4.69) is 15.4 Å². The third kappa shape index (κ3) is 5.42. The number of aliphatic hydroxyl groups excluding tert-OH is 3. The van der Waals surface area contributed by atoms with E-state index in [0.29, 0.717) is 18.7 Å². The molecule has 0 spiro atoms. The lowest BCUT2D eigenvalue weighted by Gasteiger charge is -2.45. The summed E-state index contributed by atoms with van der Waals surface area (Å²) in [5, 5.41) is 44.5. The molecule has 5 rings (SSSR count). The number of rotatable bonds is 7. The first-order valence-corrected chi connectivity index (χ1v) is 13.6. The second-order valence-electron chi connectivity index (χ2n) is 10.7. The first-order chi connectivity index (χ1) is 20.0. The summed E-state index contributed by atoms with van der Waals surface area (Å²) in [7, 11) is 3.03. The summed E-state index contributed by atoms with van der Waals surface area (Å²) in [6.45, 7) is 1.16. The van der Waals surface area contributed by atoms with E-state index in [9.17, 15) is 33.3 Å². The highest BCUT2D eigenvalue weighted by atomic mass is 19.2. The van der Waals surface area contributed by atoms with E-state index in [1.54, 1.807) is 17.8 Å². The van der Waals surface area contributed by atoms with Crippen molar-refractivity contribution >= 4 is 11.7 Å². The smallest absolute Gasteiger partial charge is 0.260 e. The van der Waals surface area contributed by atoms with Gasteiger partial charge < -0.3 is 24.8 Å². The molecule has 42 heavy (non-hydrogen) atoms. The van der Waals surface area contributed by atoms with Crippen LogP contribution in [0.5, 0.6) is 0 Å². The number of benzene rings is 1. The number of halogens is 3. The van der Waals surface area contributed by atoms with Crippen LogP contribution in [-0.2, 0) is 21.3 Å². The first kappa shape index (κ1) is 30.1. The van der Waals surface area contributed by atoms with Crippen molar-refractivity contribution in [3.05, 3.63) is 47.5 Å². The fourth-order valence-corrected chi connectivity index (χ4v) is 5.75. The number of carbonyl (C=O) groups is 1. The largest absolute Gasteiger partial charge is 0.394 e. The van der Waals surface area contributed by atoms with Crippen molar-refractivity contribution in [1.82, 2.24) is 24.8 Å². The van der Waals surface area contributed by atoms with Gasteiger partial charge in [0.25, 0.3) is 5.91 Å². The number of aryl methyl sites for hydroxylation is 2. The Morgan fingerprint density at radius 3 is 2.45 bits per heavy atom. The Morgan fingerprint density at radius 2 is 1.86 bits per heavy atom. The minimum atomic E-state index is -1.63. The van der Waals surface area contributed by atoms with E-state index in [1.807, 2.05) is 6.92 Å². The normalized spacial score (nSPS) is 28.2. The number of aliphatic hydroxyl groups is 3. The van der Waals surface area contributed by atoms with Gasteiger partial charge in [-0.25, -0.2) is 17.9 Å². The predicted octanol–water partition coefficient (Wildman–Crippen LogP) is 1.42. The molecule has 1 saturated heterocycles. The predicted molar refractivity (Wildman–Crippen MR) is 141 cm³/mol. The molecule has 1 aromatic carbocycles. The average molecular weight is 595 g/mol. The molecular formula is C27H33F3N6O6. The zero-order valence-electron chi connectivity index (χ0n) is 23.3. The Balaban J connectivity index is 1.53. The van der Waals surface area contributed by atoms with Crippen molar-refractivity contribution < 1.29 is 42.8 Å². The Hall–Kier alpha value is -3.37. The zero-order valence-corrected chi connectivity index (χ0v) is 23.3. The number of anilines is 1. The van der Waals surface area contributed by atoms with Gasteiger partial charge in [0, 0.05) is 31.5 Å². The van der Waals surface area contributed by atoms with Crippen molar-refractivity contribution in [3.63, 3.8) is 0 Å². The van der Waals surface area contributed by atoms with E-state index in [1.165, 1.54) is 18.2 Å². The monoisotopic (exact) mass is 594 g/mol. The summed E-state index contributed by atoms with van der Waals surface area (Å²) in [5.41, 5.74) is 0.620. The third-order valence-corrected chi connectivity index (χ3v) is 8.09. The highest BCUT2D eigenvalue weighted by Gasteiger charge is 2.52. The molecule has 3 N–H and O–H groups in total. The molecule has 7 atom stereocenters. The quantitative estimate of drug-likeness (QED) is 0.346. The molecule has 1 aliphatic heterocycles. The standard InChI is InChI=1S/C27H33F3N6O6/c1-13-8-21(32-34(13)2)36(18-6-4-5-7-19(18)38)27(40)26-25(41-3)23(24(39)20(12-37)42-26)35-11-17(31-33-35)14-9-15(28)22(30)16(29)10-14/h8-11,18-20,23-26,37-39H,4-7,12H2,1-3H3/t18-,19-,20?,23?,24?,25?,26?/m0/s1. The molecule has 2 fully saturated rings. The summed E-state index contributed by atoms with van der Waals surface area (Å²) >= 11 is 0. The lowest BCUT2D eigenvalue weighted by atomic mass is 9.88. The highest BCUT2D eigenvalue weighted by molar-refractivity contribution is 5.97. The molecule has 3 heterocycles. The van der Waals surface area contributed by atoms with Crippen LogP contribution >= 0.6 is 0 Å². The molecule has 0 bridgehead atoms. The molecule has 2 aromatic heterocycles. The van der Waals surface area contributed by atoms with Crippen LogP contribution in [0.4, 0.5) is 19.0 Å². The van der Waals surface area contributed by atoms with Crippen LogP contribution in [0, 0.1) is 24.4 Å². The summed E-state index contributed by atoms with van der Waals surface area (Å²) in [6.07, 6.45) is -2.27. The number of carbonyl (C=O) groups excluding carboxylic acids is 1. The van der Waals surface area contributed by atoms with Crippen molar-refractivity contribution in [3.8, 4) is 11.3 Å². The molecule has 5 unspecified atom stereocenters. The van der Waals surface area contributed by atoms with Crippen LogP contribution in [0.1, 0.15) is 37.4 Å². The van der Waals surface area contributed by atoms with Gasteiger partial charge in [-0.05, 0) is 31.9 Å². The van der Waals surface area contributed by atoms with Gasteiger partial charge in [-0.1, -0.05) is 18.1 Å². The lowest BCUT2D eigenvalue weighted by Crippen LogP contribution is -2.63. The van der Waals surface area contributed by atoms with Gasteiger partial charge in [-0.15, -0.1) is 5.10 Å². The second-order valence-corrected chi connectivity index (χ2v) is 10.7. The summed E-state index contributed by atoms with van der Waals surface area (Å²) in [4.78, 5) is 15.7. The highest BCUT2D eigenvalue weighted by Crippen LogP contribution is 2.36. The van der Waals surface area contributed by atoms with Gasteiger partial charge in [-0.2, -0.15) is 5.10 Å². The summed E-state index contributed by atoms with van der Waals surface area (Å²) in [5.74, 6) is -4.77. The Bertz CT molecular complexity index is 1390. The molecule has 2 aliphatic rings. The Kier molecular flexibility index (Phi) is 8.66. The molecule has 15 heteroatoms. The molecule has 1 amide bonds. The van der Waals surface area contributed by atoms with Crippen LogP contribution in [0.25, 0.3) is 11.3 Å². The fraction of sp³-hybridized carbons (Fsp3) is 0.556. The number of ether oxygens (including phenoxy) is 2. The van der Waals surface area contributed by atoms with Gasteiger partial charge in [0.2, 0.25) is 0 Å². The number of hydrogen-bond donors (Lipinski definition) is 3. The van der Waals surface area contributed by atoms with Crippen molar-refractivity contribution in [2.75, 3.05) is 18.6 Å². The van der Waals surface area contributed by atoms with E-state index in [-0.39, 0.29) is 11.3 Å². The molecular weight excluding hydrogens is 561 g/mol. The van der Waals surface area contributed by atoms with Crippen molar-refractivity contribution in [1.29, 1.82) is 0 Å². The summed E-state index contributed by atoms with van der Waals surface area (Å²) in [6, 6.07) is 1.46. The summed E-state index contributed by atoms with van der Waals surface area (Å²) < 4.78 is 55.7. The number of amides is 1. The fourth-order valence-electron chi connectivity index (χ4n) is 5.75. The second kappa shape index (κ2) is 12.1. The lowest BCUT2D eigenvalue weighted by molar-refractivity contribution is -0.211. The minimum Gasteiger partial charge on any atom is -0.394 e. The van der Waals surface area contributed by atoms with Crippen LogP contribution < -0.4 is 4.90 Å². The average Bonchev–Trinajstić information content (AvgIpc) is 3.58. The maximum absolute atomic E-state index is 14.3. The molecule has 12 nitrogen and oxygen atoms in total. The van der Waals surface area contributed by atoms with E-state index >= 15 is 0 Å². The first-order valence-electron chi connectivity index (χ1n) is 13.6. The SMILES string of the molecule is COC1C(C(=O)N(c2cc(C)n(C)n2)[C@H]2CCCC[C@@H]2O)OC(CO)C(O)C1n1cc(-c2cc(F)c(F)c(F)c2)nn1. The van der Waals surface area contributed by atoms with Crippen LogP contribution in [0.3, 0.4) is 0 Å².